The average Bonchev–Trinajstić information content (AvgIpc) is 2.61. The van der Waals surface area contributed by atoms with Crippen molar-refractivity contribution in [1.82, 2.24) is 9.62 Å². The zero-order valence-electron chi connectivity index (χ0n) is 15.2. The monoisotopic (exact) mass is 362 g/mol. The Hall–Kier alpha value is -1.89. The summed E-state index contributed by atoms with van der Waals surface area (Å²) in [6.07, 6.45) is 0. The van der Waals surface area contributed by atoms with Crippen molar-refractivity contribution >= 4 is 10.0 Å². The quantitative estimate of drug-likeness (QED) is 0.784. The lowest BCUT2D eigenvalue weighted by Gasteiger charge is -2.21. The number of rotatable bonds is 8. The summed E-state index contributed by atoms with van der Waals surface area (Å²) < 4.78 is 31.6. The van der Waals surface area contributed by atoms with E-state index in [1.165, 1.54) is 4.31 Å². The third-order valence-corrected chi connectivity index (χ3v) is 6.21. The van der Waals surface area contributed by atoms with Crippen molar-refractivity contribution in [2.45, 2.75) is 37.9 Å². The van der Waals surface area contributed by atoms with Crippen LogP contribution >= 0.6 is 0 Å². The van der Waals surface area contributed by atoms with Crippen LogP contribution in [0.25, 0.3) is 0 Å². The fraction of sp³-hybridized carbons (Fsp3) is 0.368. The van der Waals surface area contributed by atoms with E-state index in [0.717, 1.165) is 16.9 Å². The minimum atomic E-state index is -3.43. The van der Waals surface area contributed by atoms with Crippen LogP contribution in [-0.4, -0.2) is 32.9 Å². The second-order valence-electron chi connectivity index (χ2n) is 6.17. The molecular formula is C19H26N2O3S. The molecule has 2 aromatic rings. The molecule has 0 aromatic heterocycles. The first kappa shape index (κ1) is 19.4. The van der Waals surface area contributed by atoms with Crippen LogP contribution in [0, 0.1) is 0 Å². The summed E-state index contributed by atoms with van der Waals surface area (Å²) in [5, 5.41) is 3.35. The smallest absolute Gasteiger partial charge is 0.243 e. The molecule has 2 aromatic carbocycles. The van der Waals surface area contributed by atoms with Gasteiger partial charge in [-0.15, -0.1) is 0 Å². The molecule has 0 bridgehead atoms. The lowest BCUT2D eigenvalue weighted by atomic mass is 10.2. The first-order valence-corrected chi connectivity index (χ1v) is 9.70. The van der Waals surface area contributed by atoms with Gasteiger partial charge in [-0.1, -0.05) is 30.3 Å². The number of hydrogen-bond acceptors (Lipinski definition) is 4. The Kier molecular flexibility index (Phi) is 6.58. The van der Waals surface area contributed by atoms with Crippen molar-refractivity contribution in [3.63, 3.8) is 0 Å². The molecule has 136 valence electrons. The van der Waals surface area contributed by atoms with Crippen LogP contribution < -0.4 is 10.1 Å². The Morgan fingerprint density at radius 2 is 1.68 bits per heavy atom. The first-order chi connectivity index (χ1) is 11.9. The molecule has 0 spiro atoms. The minimum absolute atomic E-state index is 0.0767. The lowest BCUT2D eigenvalue weighted by molar-refractivity contribution is 0.407. The average molecular weight is 362 g/mol. The molecule has 2 rings (SSSR count). The lowest BCUT2D eigenvalue weighted by Crippen LogP contribution is -2.33. The van der Waals surface area contributed by atoms with Crippen molar-refractivity contribution in [3.05, 3.63) is 59.7 Å². The van der Waals surface area contributed by atoms with Gasteiger partial charge < -0.3 is 10.1 Å². The van der Waals surface area contributed by atoms with Gasteiger partial charge in [0.1, 0.15) is 5.75 Å². The number of ether oxygens (including phenoxy) is 1. The van der Waals surface area contributed by atoms with Gasteiger partial charge >= 0.3 is 0 Å². The fourth-order valence-corrected chi connectivity index (χ4v) is 3.78. The summed E-state index contributed by atoms with van der Waals surface area (Å²) >= 11 is 0. The molecule has 0 unspecified atom stereocenters. The van der Waals surface area contributed by atoms with Crippen LogP contribution in [0.1, 0.15) is 25.0 Å². The molecule has 25 heavy (non-hydrogen) atoms. The van der Waals surface area contributed by atoms with E-state index in [2.05, 4.69) is 5.32 Å². The van der Waals surface area contributed by atoms with Crippen LogP contribution in [0.4, 0.5) is 0 Å². The topological polar surface area (TPSA) is 58.6 Å². The van der Waals surface area contributed by atoms with Gasteiger partial charge in [-0.3, -0.25) is 0 Å². The van der Waals surface area contributed by atoms with Crippen LogP contribution in [0.15, 0.2) is 53.4 Å². The molecule has 0 saturated heterocycles. The predicted molar refractivity (Wildman–Crippen MR) is 100 cm³/mol. The minimum Gasteiger partial charge on any atom is -0.496 e. The predicted octanol–water partition coefficient (Wildman–Crippen LogP) is 3.01. The molecule has 1 N–H and O–H groups in total. The van der Waals surface area contributed by atoms with Crippen LogP contribution in [0.3, 0.4) is 0 Å². The number of benzene rings is 2. The maximum Gasteiger partial charge on any atom is 0.243 e. The van der Waals surface area contributed by atoms with Gasteiger partial charge in [0.25, 0.3) is 0 Å². The summed E-state index contributed by atoms with van der Waals surface area (Å²) in [6.45, 7) is 5.04. The highest BCUT2D eigenvalue weighted by atomic mass is 32.2. The van der Waals surface area contributed by atoms with Crippen molar-refractivity contribution in [3.8, 4) is 5.75 Å². The molecule has 0 fully saturated rings. The van der Waals surface area contributed by atoms with Crippen molar-refractivity contribution in [2.24, 2.45) is 0 Å². The third kappa shape index (κ3) is 4.81. The summed E-state index contributed by atoms with van der Waals surface area (Å²) in [4.78, 5) is 0.317. The van der Waals surface area contributed by atoms with E-state index in [1.54, 1.807) is 26.3 Å². The van der Waals surface area contributed by atoms with E-state index in [9.17, 15) is 8.42 Å². The normalized spacial score (nSPS) is 11.9. The summed E-state index contributed by atoms with van der Waals surface area (Å²) in [5.74, 6) is 0.855. The molecule has 0 aliphatic rings. The number of nitrogens with zero attached hydrogens (tertiary/aromatic N) is 1. The second kappa shape index (κ2) is 8.47. The molecule has 6 heteroatoms. The Balaban J connectivity index is 1.99. The van der Waals surface area contributed by atoms with E-state index in [-0.39, 0.29) is 6.04 Å². The molecule has 0 radical (unpaired) electrons. The molecular weight excluding hydrogens is 336 g/mol. The van der Waals surface area contributed by atoms with Crippen LogP contribution in [0.2, 0.25) is 0 Å². The Morgan fingerprint density at radius 1 is 1.04 bits per heavy atom. The largest absolute Gasteiger partial charge is 0.496 e. The highest BCUT2D eigenvalue weighted by Crippen LogP contribution is 2.18. The molecule has 0 heterocycles. The maximum atomic E-state index is 12.5. The molecule has 0 aliphatic heterocycles. The Morgan fingerprint density at radius 3 is 2.28 bits per heavy atom. The van der Waals surface area contributed by atoms with E-state index in [0.29, 0.717) is 18.0 Å². The van der Waals surface area contributed by atoms with E-state index >= 15 is 0 Å². The van der Waals surface area contributed by atoms with Crippen molar-refractivity contribution in [2.75, 3.05) is 14.2 Å². The van der Waals surface area contributed by atoms with E-state index < -0.39 is 10.0 Å². The van der Waals surface area contributed by atoms with Gasteiger partial charge in [0.15, 0.2) is 0 Å². The maximum absolute atomic E-state index is 12.5. The van der Waals surface area contributed by atoms with Gasteiger partial charge in [0, 0.05) is 31.7 Å². The molecule has 5 nitrogen and oxygen atoms in total. The van der Waals surface area contributed by atoms with E-state index in [4.69, 9.17) is 4.74 Å². The molecule has 0 aliphatic carbocycles. The van der Waals surface area contributed by atoms with Gasteiger partial charge in [-0.2, -0.15) is 4.31 Å². The molecule has 0 amide bonds. The molecule has 0 atom stereocenters. The number of sulfonamides is 1. The van der Waals surface area contributed by atoms with Gasteiger partial charge in [-0.25, -0.2) is 8.42 Å². The van der Waals surface area contributed by atoms with Gasteiger partial charge in [-0.05, 0) is 37.6 Å². The second-order valence-corrected chi connectivity index (χ2v) is 8.17. The zero-order chi connectivity index (χ0) is 18.4. The standard InChI is InChI=1S/C19H26N2O3S/c1-15(2)21(3)25(22,23)18-11-9-16(10-12-18)13-20-14-17-7-5-6-8-19(17)24-4/h5-12,15,20H,13-14H2,1-4H3. The number of nitrogens with one attached hydrogen (secondary N) is 1. The van der Waals surface area contributed by atoms with Crippen molar-refractivity contribution < 1.29 is 13.2 Å². The fourth-order valence-electron chi connectivity index (χ4n) is 2.41. The van der Waals surface area contributed by atoms with Gasteiger partial charge in [0.2, 0.25) is 10.0 Å². The van der Waals surface area contributed by atoms with Crippen LogP contribution in [-0.2, 0) is 23.1 Å². The number of hydrogen-bond donors (Lipinski definition) is 1. The highest BCUT2D eigenvalue weighted by Gasteiger charge is 2.22. The third-order valence-electron chi connectivity index (χ3n) is 4.16. The summed E-state index contributed by atoms with van der Waals surface area (Å²) in [5.41, 5.74) is 2.11. The summed E-state index contributed by atoms with van der Waals surface area (Å²) in [6, 6.07) is 14.8. The summed E-state index contributed by atoms with van der Waals surface area (Å²) in [7, 11) is -0.172. The van der Waals surface area contributed by atoms with Gasteiger partial charge in [0.05, 0.1) is 12.0 Å². The number of methoxy groups -OCH3 is 1. The zero-order valence-corrected chi connectivity index (χ0v) is 16.0. The highest BCUT2D eigenvalue weighted by molar-refractivity contribution is 7.89. The SMILES string of the molecule is COc1ccccc1CNCc1ccc(S(=O)(=O)N(C)C(C)C)cc1. The Labute approximate surface area is 150 Å². The first-order valence-electron chi connectivity index (χ1n) is 8.26. The van der Waals surface area contributed by atoms with Crippen molar-refractivity contribution in [1.29, 1.82) is 0 Å². The Bertz CT molecular complexity index is 787. The van der Waals surface area contributed by atoms with E-state index in [1.807, 2.05) is 50.2 Å². The molecule has 0 saturated carbocycles. The number of para-hydroxylation sites is 1. The van der Waals surface area contributed by atoms with Crippen LogP contribution in [0.5, 0.6) is 5.75 Å².